The smallest absolute Gasteiger partial charge is 0.305 e. The van der Waals surface area contributed by atoms with E-state index in [0.717, 1.165) is 12.8 Å². The van der Waals surface area contributed by atoms with Crippen molar-refractivity contribution in [3.05, 3.63) is 0 Å². The number of hydrogen-bond donors (Lipinski definition) is 0. The Morgan fingerprint density at radius 1 is 0.571 bits per heavy atom. The minimum Gasteiger partial charge on any atom is -0.463 e. The average molecular weight is 407 g/mol. The van der Waals surface area contributed by atoms with Crippen LogP contribution in [-0.2, 0) is 33.2 Å². The Morgan fingerprint density at radius 2 is 1.00 bits per heavy atom. The number of carbonyl (C=O) groups excluding carboxylic acids is 1. The number of hydrogen-bond acceptors (Lipinski definition) is 7. The molecule has 168 valence electrons. The fraction of sp³-hybridized carbons (Fsp3) is 0.952. The largest absolute Gasteiger partial charge is 0.463 e. The predicted octanol–water partition coefficient (Wildman–Crippen LogP) is 3.38. The fourth-order valence-electron chi connectivity index (χ4n) is 2.42. The lowest BCUT2D eigenvalue weighted by Crippen LogP contribution is -2.14. The van der Waals surface area contributed by atoms with Crippen molar-refractivity contribution >= 4 is 5.97 Å². The lowest BCUT2D eigenvalue weighted by molar-refractivity contribution is -0.145. The van der Waals surface area contributed by atoms with Crippen LogP contribution in [0.2, 0.25) is 0 Å². The molecule has 0 saturated carbocycles. The molecule has 0 aromatic heterocycles. The van der Waals surface area contributed by atoms with Gasteiger partial charge in [0.25, 0.3) is 0 Å². The summed E-state index contributed by atoms with van der Waals surface area (Å²) in [5.74, 6) is -0.128. The Morgan fingerprint density at radius 3 is 1.50 bits per heavy atom. The normalized spacial score (nSPS) is 11.1. The van der Waals surface area contributed by atoms with Crippen molar-refractivity contribution in [3.8, 4) is 0 Å². The van der Waals surface area contributed by atoms with Gasteiger partial charge in [0, 0.05) is 13.5 Å². The molecule has 0 unspecified atom stereocenters. The number of carbonyl (C=O) groups is 1. The molecule has 0 atom stereocenters. The Hall–Kier alpha value is -0.730. The van der Waals surface area contributed by atoms with Gasteiger partial charge in [0.2, 0.25) is 0 Å². The summed E-state index contributed by atoms with van der Waals surface area (Å²) >= 11 is 0. The lowest BCUT2D eigenvalue weighted by atomic mass is 10.1. The first-order chi connectivity index (χ1) is 13.8. The van der Waals surface area contributed by atoms with Gasteiger partial charge < -0.3 is 28.4 Å². The van der Waals surface area contributed by atoms with E-state index in [1.807, 2.05) is 0 Å². The van der Waals surface area contributed by atoms with Crippen molar-refractivity contribution in [2.75, 3.05) is 73.2 Å². The van der Waals surface area contributed by atoms with E-state index in [2.05, 4.69) is 6.92 Å². The van der Waals surface area contributed by atoms with Crippen molar-refractivity contribution in [3.63, 3.8) is 0 Å². The molecule has 7 heteroatoms. The second-order valence-electron chi connectivity index (χ2n) is 6.53. The monoisotopic (exact) mass is 406 g/mol. The maximum atomic E-state index is 11.6. The van der Waals surface area contributed by atoms with Crippen LogP contribution in [0.5, 0.6) is 0 Å². The van der Waals surface area contributed by atoms with Crippen molar-refractivity contribution in [2.24, 2.45) is 0 Å². The molecule has 0 fully saturated rings. The molecular weight excluding hydrogens is 364 g/mol. The number of rotatable bonds is 23. The van der Waals surface area contributed by atoms with Gasteiger partial charge in [-0.2, -0.15) is 0 Å². The molecule has 0 bridgehead atoms. The van der Waals surface area contributed by atoms with Crippen molar-refractivity contribution in [1.29, 1.82) is 0 Å². The van der Waals surface area contributed by atoms with E-state index >= 15 is 0 Å². The Balaban J connectivity index is 3.11. The first-order valence-corrected chi connectivity index (χ1v) is 10.8. The summed E-state index contributed by atoms with van der Waals surface area (Å²) in [6, 6.07) is 0. The van der Waals surface area contributed by atoms with Crippen molar-refractivity contribution in [2.45, 2.75) is 58.3 Å². The summed E-state index contributed by atoms with van der Waals surface area (Å²) in [7, 11) is 1.64. The first-order valence-electron chi connectivity index (χ1n) is 10.8. The molecule has 0 saturated heterocycles. The van der Waals surface area contributed by atoms with Crippen LogP contribution < -0.4 is 0 Å². The third-order valence-electron chi connectivity index (χ3n) is 4.02. The molecule has 0 spiro atoms. The molecule has 0 amide bonds. The maximum absolute atomic E-state index is 11.6. The standard InChI is InChI=1S/C21H42O7/c1-3-4-5-6-7-8-9-10-21(22)28-20-19-27-18-17-26-16-15-25-14-13-24-12-11-23-2/h3-20H2,1-2H3. The molecule has 0 aromatic rings. The van der Waals surface area contributed by atoms with Crippen LogP contribution in [0.1, 0.15) is 58.3 Å². The highest BCUT2D eigenvalue weighted by molar-refractivity contribution is 5.69. The minimum atomic E-state index is -0.128. The van der Waals surface area contributed by atoms with Crippen molar-refractivity contribution < 1.29 is 33.2 Å². The van der Waals surface area contributed by atoms with Gasteiger partial charge in [-0.05, 0) is 6.42 Å². The highest BCUT2D eigenvalue weighted by Crippen LogP contribution is 2.08. The highest BCUT2D eigenvalue weighted by atomic mass is 16.6. The predicted molar refractivity (Wildman–Crippen MR) is 109 cm³/mol. The fourth-order valence-corrected chi connectivity index (χ4v) is 2.42. The van der Waals surface area contributed by atoms with Crippen molar-refractivity contribution in [1.82, 2.24) is 0 Å². The molecule has 28 heavy (non-hydrogen) atoms. The molecule has 0 N–H and O–H groups in total. The number of unbranched alkanes of at least 4 members (excludes halogenated alkanes) is 6. The number of methoxy groups -OCH3 is 1. The van der Waals surface area contributed by atoms with Gasteiger partial charge in [0.1, 0.15) is 6.61 Å². The zero-order chi connectivity index (χ0) is 20.5. The van der Waals surface area contributed by atoms with Gasteiger partial charge in [-0.15, -0.1) is 0 Å². The SMILES string of the molecule is CCCCCCCCCC(=O)OCCOCCOCCOCCOCCOC. The van der Waals surface area contributed by atoms with E-state index in [0.29, 0.717) is 72.5 Å². The van der Waals surface area contributed by atoms with Crippen LogP contribution in [0, 0.1) is 0 Å². The summed E-state index contributed by atoms with van der Waals surface area (Å²) in [6.45, 7) is 7.26. The highest BCUT2D eigenvalue weighted by Gasteiger charge is 2.02. The lowest BCUT2D eigenvalue weighted by Gasteiger charge is -2.08. The Kier molecular flexibility index (Phi) is 23.7. The van der Waals surface area contributed by atoms with Gasteiger partial charge in [0.15, 0.2) is 0 Å². The zero-order valence-electron chi connectivity index (χ0n) is 18.1. The summed E-state index contributed by atoms with van der Waals surface area (Å²) in [6.07, 6.45) is 8.90. The average Bonchev–Trinajstić information content (AvgIpc) is 2.70. The second kappa shape index (κ2) is 24.3. The molecular formula is C21H42O7. The molecule has 7 nitrogen and oxygen atoms in total. The second-order valence-corrected chi connectivity index (χ2v) is 6.53. The van der Waals surface area contributed by atoms with E-state index in [1.54, 1.807) is 7.11 Å². The third kappa shape index (κ3) is 23.3. The van der Waals surface area contributed by atoms with Gasteiger partial charge in [-0.1, -0.05) is 45.4 Å². The van der Waals surface area contributed by atoms with Crippen LogP contribution in [0.4, 0.5) is 0 Å². The van der Waals surface area contributed by atoms with Crippen LogP contribution in [-0.4, -0.2) is 79.1 Å². The number of esters is 1. The molecule has 0 rings (SSSR count). The van der Waals surface area contributed by atoms with Gasteiger partial charge in [-0.3, -0.25) is 4.79 Å². The molecule has 0 aromatic carbocycles. The molecule has 0 aliphatic rings. The van der Waals surface area contributed by atoms with Crippen LogP contribution in [0.3, 0.4) is 0 Å². The molecule has 0 radical (unpaired) electrons. The molecule has 0 aliphatic carbocycles. The first kappa shape index (κ1) is 27.3. The van der Waals surface area contributed by atoms with Crippen LogP contribution in [0.25, 0.3) is 0 Å². The topological polar surface area (TPSA) is 72.5 Å². The Bertz CT molecular complexity index is 313. The van der Waals surface area contributed by atoms with E-state index in [4.69, 9.17) is 28.4 Å². The summed E-state index contributed by atoms with van der Waals surface area (Å²) in [5.41, 5.74) is 0. The van der Waals surface area contributed by atoms with Crippen LogP contribution >= 0.6 is 0 Å². The summed E-state index contributed by atoms with van der Waals surface area (Å²) in [5, 5.41) is 0. The van der Waals surface area contributed by atoms with E-state index < -0.39 is 0 Å². The third-order valence-corrected chi connectivity index (χ3v) is 4.02. The van der Waals surface area contributed by atoms with E-state index in [-0.39, 0.29) is 5.97 Å². The molecule has 0 heterocycles. The minimum absolute atomic E-state index is 0.128. The maximum Gasteiger partial charge on any atom is 0.305 e. The van der Waals surface area contributed by atoms with Gasteiger partial charge in [-0.25, -0.2) is 0 Å². The quantitative estimate of drug-likeness (QED) is 0.190. The van der Waals surface area contributed by atoms with Crippen LogP contribution in [0.15, 0.2) is 0 Å². The zero-order valence-corrected chi connectivity index (χ0v) is 18.1. The van der Waals surface area contributed by atoms with Gasteiger partial charge >= 0.3 is 5.97 Å². The summed E-state index contributed by atoms with van der Waals surface area (Å²) in [4.78, 5) is 11.6. The van der Waals surface area contributed by atoms with E-state index in [1.165, 1.54) is 32.1 Å². The number of ether oxygens (including phenoxy) is 6. The molecule has 0 aliphatic heterocycles. The van der Waals surface area contributed by atoms with E-state index in [9.17, 15) is 4.79 Å². The Labute approximate surface area is 171 Å². The van der Waals surface area contributed by atoms with Gasteiger partial charge in [0.05, 0.1) is 59.5 Å². The summed E-state index contributed by atoms with van der Waals surface area (Å²) < 4.78 is 31.4.